The molecule has 0 saturated heterocycles. The molecule has 96 valence electrons. The number of hydrogen-bond acceptors (Lipinski definition) is 2. The van der Waals surface area contributed by atoms with Crippen LogP contribution in [0.15, 0.2) is 0 Å². The van der Waals surface area contributed by atoms with Crippen molar-refractivity contribution in [1.29, 1.82) is 0 Å². The van der Waals surface area contributed by atoms with E-state index in [1.807, 2.05) is 0 Å². The number of likely N-dealkylation sites (N-methyl/N-ethyl adjacent to an activating group) is 1. The van der Waals surface area contributed by atoms with Crippen molar-refractivity contribution < 1.29 is 4.74 Å². The molecule has 1 N–H and O–H groups in total. The molecule has 2 nitrogen and oxygen atoms in total. The molecule has 0 aromatic rings. The third-order valence-electron chi connectivity index (χ3n) is 4.09. The van der Waals surface area contributed by atoms with Gasteiger partial charge in [0.1, 0.15) is 0 Å². The quantitative estimate of drug-likeness (QED) is 0.704. The summed E-state index contributed by atoms with van der Waals surface area (Å²) >= 11 is 0. The summed E-state index contributed by atoms with van der Waals surface area (Å²) in [4.78, 5) is 0. The highest BCUT2D eigenvalue weighted by molar-refractivity contribution is 4.89. The summed E-state index contributed by atoms with van der Waals surface area (Å²) in [5.41, 5.74) is 0.474. The van der Waals surface area contributed by atoms with Crippen LogP contribution in [0.4, 0.5) is 0 Å². The van der Waals surface area contributed by atoms with Gasteiger partial charge in [0.2, 0.25) is 0 Å². The number of ether oxygens (including phenoxy) is 1. The van der Waals surface area contributed by atoms with Gasteiger partial charge in [0.05, 0.1) is 6.61 Å². The Balaban J connectivity index is 2.49. The normalized spacial score (nSPS) is 26.6. The van der Waals surface area contributed by atoms with Crippen molar-refractivity contribution in [2.45, 2.75) is 58.9 Å². The molecule has 0 heterocycles. The first-order valence-electron chi connectivity index (χ1n) is 6.87. The van der Waals surface area contributed by atoms with Crippen LogP contribution in [0.3, 0.4) is 0 Å². The summed E-state index contributed by atoms with van der Waals surface area (Å²) in [6.45, 7) is 8.77. The summed E-state index contributed by atoms with van der Waals surface area (Å²) in [5.74, 6) is 0.767. The highest BCUT2D eigenvalue weighted by Gasteiger charge is 2.36. The highest BCUT2D eigenvalue weighted by atomic mass is 16.5. The lowest BCUT2D eigenvalue weighted by Crippen LogP contribution is -2.46. The molecule has 1 fully saturated rings. The lowest BCUT2D eigenvalue weighted by atomic mass is 9.66. The maximum atomic E-state index is 5.72. The molecule has 1 saturated carbocycles. The Morgan fingerprint density at radius 1 is 1.38 bits per heavy atom. The first-order valence-corrected chi connectivity index (χ1v) is 6.87. The SMILES string of the molecule is CCCOCC(NC)C1CCCCC1(C)C. The number of nitrogens with one attached hydrogen (secondary N) is 1. The van der Waals surface area contributed by atoms with E-state index in [1.54, 1.807) is 0 Å². The fourth-order valence-corrected chi connectivity index (χ4v) is 3.02. The Labute approximate surface area is 101 Å². The molecular weight excluding hydrogens is 198 g/mol. The highest BCUT2D eigenvalue weighted by Crippen LogP contribution is 2.42. The summed E-state index contributed by atoms with van der Waals surface area (Å²) in [5, 5.41) is 3.46. The summed E-state index contributed by atoms with van der Waals surface area (Å²) in [6, 6.07) is 0.529. The lowest BCUT2D eigenvalue weighted by molar-refractivity contribution is 0.0392. The van der Waals surface area contributed by atoms with E-state index >= 15 is 0 Å². The zero-order valence-corrected chi connectivity index (χ0v) is 11.5. The van der Waals surface area contributed by atoms with Crippen molar-refractivity contribution in [3.05, 3.63) is 0 Å². The summed E-state index contributed by atoms with van der Waals surface area (Å²) < 4.78 is 5.72. The van der Waals surface area contributed by atoms with Crippen molar-refractivity contribution >= 4 is 0 Å². The zero-order chi connectivity index (χ0) is 12.0. The standard InChI is InChI=1S/C14H29NO/c1-5-10-16-11-13(15-4)12-8-6-7-9-14(12,2)3/h12-13,15H,5-11H2,1-4H3. The van der Waals surface area contributed by atoms with Gasteiger partial charge in [0, 0.05) is 12.6 Å². The topological polar surface area (TPSA) is 21.3 Å². The minimum atomic E-state index is 0.474. The predicted octanol–water partition coefficient (Wildman–Crippen LogP) is 3.22. The van der Waals surface area contributed by atoms with Gasteiger partial charge in [0.15, 0.2) is 0 Å². The molecule has 0 aliphatic heterocycles. The first kappa shape index (κ1) is 14.0. The van der Waals surface area contributed by atoms with Crippen LogP contribution in [-0.2, 0) is 4.74 Å². The Morgan fingerprint density at radius 3 is 2.69 bits per heavy atom. The molecular formula is C14H29NO. The zero-order valence-electron chi connectivity index (χ0n) is 11.5. The molecule has 0 radical (unpaired) electrons. The second-order valence-electron chi connectivity index (χ2n) is 5.81. The summed E-state index contributed by atoms with van der Waals surface area (Å²) in [6.07, 6.45) is 6.62. The van der Waals surface area contributed by atoms with Crippen LogP contribution in [-0.4, -0.2) is 26.3 Å². The molecule has 2 unspecified atom stereocenters. The molecule has 0 aromatic heterocycles. The smallest absolute Gasteiger partial charge is 0.0622 e. The molecule has 16 heavy (non-hydrogen) atoms. The van der Waals surface area contributed by atoms with Gasteiger partial charge in [-0.15, -0.1) is 0 Å². The second kappa shape index (κ2) is 6.61. The van der Waals surface area contributed by atoms with Crippen LogP contribution < -0.4 is 5.32 Å². The van der Waals surface area contributed by atoms with Gasteiger partial charge < -0.3 is 10.1 Å². The van der Waals surface area contributed by atoms with Gasteiger partial charge in [-0.1, -0.05) is 33.6 Å². The van der Waals surface area contributed by atoms with Crippen molar-refractivity contribution in [3.63, 3.8) is 0 Å². The monoisotopic (exact) mass is 227 g/mol. The Hall–Kier alpha value is -0.0800. The van der Waals surface area contributed by atoms with Crippen molar-refractivity contribution in [1.82, 2.24) is 5.32 Å². The molecule has 0 aromatic carbocycles. The fourth-order valence-electron chi connectivity index (χ4n) is 3.02. The number of hydrogen-bond donors (Lipinski definition) is 1. The third kappa shape index (κ3) is 3.74. The number of rotatable bonds is 6. The minimum Gasteiger partial charge on any atom is -0.380 e. The van der Waals surface area contributed by atoms with E-state index in [1.165, 1.54) is 25.7 Å². The van der Waals surface area contributed by atoms with Gasteiger partial charge in [-0.3, -0.25) is 0 Å². The van der Waals surface area contributed by atoms with E-state index in [-0.39, 0.29) is 0 Å². The molecule has 2 heteroatoms. The first-order chi connectivity index (χ1) is 7.61. The van der Waals surface area contributed by atoms with Gasteiger partial charge in [-0.05, 0) is 37.6 Å². The van der Waals surface area contributed by atoms with E-state index < -0.39 is 0 Å². The lowest BCUT2D eigenvalue weighted by Gasteiger charge is -2.43. The van der Waals surface area contributed by atoms with Gasteiger partial charge in [-0.2, -0.15) is 0 Å². The van der Waals surface area contributed by atoms with Crippen LogP contribution in [0.5, 0.6) is 0 Å². The van der Waals surface area contributed by atoms with Gasteiger partial charge in [0.25, 0.3) is 0 Å². The van der Waals surface area contributed by atoms with E-state index in [0.717, 1.165) is 25.6 Å². The van der Waals surface area contributed by atoms with E-state index in [0.29, 0.717) is 11.5 Å². The Bertz CT molecular complexity index is 191. The van der Waals surface area contributed by atoms with Crippen LogP contribution in [0.1, 0.15) is 52.9 Å². The van der Waals surface area contributed by atoms with Gasteiger partial charge >= 0.3 is 0 Å². The van der Waals surface area contributed by atoms with Gasteiger partial charge in [-0.25, -0.2) is 0 Å². The van der Waals surface area contributed by atoms with Crippen LogP contribution in [0.25, 0.3) is 0 Å². The van der Waals surface area contributed by atoms with Crippen molar-refractivity contribution in [3.8, 4) is 0 Å². The molecule has 1 aliphatic carbocycles. The predicted molar refractivity (Wildman–Crippen MR) is 69.7 cm³/mol. The van der Waals surface area contributed by atoms with E-state index in [4.69, 9.17) is 4.74 Å². The summed E-state index contributed by atoms with van der Waals surface area (Å²) in [7, 11) is 2.07. The maximum absolute atomic E-state index is 5.72. The van der Waals surface area contributed by atoms with E-state index in [9.17, 15) is 0 Å². The molecule has 2 atom stereocenters. The molecule has 0 amide bonds. The molecule has 1 rings (SSSR count). The Kier molecular flexibility index (Phi) is 5.77. The average Bonchev–Trinajstić information content (AvgIpc) is 2.25. The Morgan fingerprint density at radius 2 is 2.12 bits per heavy atom. The largest absolute Gasteiger partial charge is 0.380 e. The molecule has 0 spiro atoms. The average molecular weight is 227 g/mol. The molecule has 0 bridgehead atoms. The van der Waals surface area contributed by atoms with Crippen molar-refractivity contribution in [2.24, 2.45) is 11.3 Å². The molecule has 1 aliphatic rings. The van der Waals surface area contributed by atoms with E-state index in [2.05, 4.69) is 33.1 Å². The van der Waals surface area contributed by atoms with Crippen LogP contribution >= 0.6 is 0 Å². The minimum absolute atomic E-state index is 0.474. The van der Waals surface area contributed by atoms with Crippen molar-refractivity contribution in [2.75, 3.05) is 20.3 Å². The third-order valence-corrected chi connectivity index (χ3v) is 4.09. The van der Waals surface area contributed by atoms with Crippen LogP contribution in [0, 0.1) is 11.3 Å². The maximum Gasteiger partial charge on any atom is 0.0622 e. The second-order valence-corrected chi connectivity index (χ2v) is 5.81. The van der Waals surface area contributed by atoms with Crippen LogP contribution in [0.2, 0.25) is 0 Å². The fraction of sp³-hybridized carbons (Fsp3) is 1.00.